The summed E-state index contributed by atoms with van der Waals surface area (Å²) >= 11 is 0. The molecule has 2 rings (SSSR count). The number of rotatable bonds is 3. The monoisotopic (exact) mass is 245 g/mol. The standard InChI is InChI=1S/C15H16FNO/c1-10-3-4-12(7-11(10)2)9-18-13-5-6-15(17)14(16)8-13/h3-8H,9,17H2,1-2H3. The van der Waals surface area contributed by atoms with Gasteiger partial charge in [0.2, 0.25) is 0 Å². The predicted molar refractivity (Wildman–Crippen MR) is 71.1 cm³/mol. The molecule has 0 bridgehead atoms. The Morgan fingerprint density at radius 1 is 1.06 bits per heavy atom. The van der Waals surface area contributed by atoms with Gasteiger partial charge in [-0.05, 0) is 42.7 Å². The Balaban J connectivity index is 2.06. The Hall–Kier alpha value is -2.03. The van der Waals surface area contributed by atoms with Crippen molar-refractivity contribution in [3.8, 4) is 5.75 Å². The van der Waals surface area contributed by atoms with E-state index in [1.54, 1.807) is 6.07 Å². The minimum atomic E-state index is -0.451. The molecule has 0 spiro atoms. The summed E-state index contributed by atoms with van der Waals surface area (Å²) in [6.45, 7) is 4.54. The summed E-state index contributed by atoms with van der Waals surface area (Å²) in [4.78, 5) is 0. The Kier molecular flexibility index (Phi) is 3.51. The highest BCUT2D eigenvalue weighted by Crippen LogP contribution is 2.19. The quantitative estimate of drug-likeness (QED) is 0.838. The van der Waals surface area contributed by atoms with E-state index in [2.05, 4.69) is 26.0 Å². The van der Waals surface area contributed by atoms with Gasteiger partial charge in [0.25, 0.3) is 0 Å². The van der Waals surface area contributed by atoms with E-state index in [0.717, 1.165) is 5.56 Å². The molecule has 0 heterocycles. The Labute approximate surface area is 106 Å². The van der Waals surface area contributed by atoms with Crippen molar-refractivity contribution in [3.63, 3.8) is 0 Å². The normalized spacial score (nSPS) is 10.4. The molecule has 3 heteroatoms. The van der Waals surface area contributed by atoms with Crippen LogP contribution < -0.4 is 10.5 Å². The number of hydrogen-bond donors (Lipinski definition) is 1. The van der Waals surface area contributed by atoms with Crippen LogP contribution in [-0.2, 0) is 6.61 Å². The Bertz CT molecular complexity index is 515. The fraction of sp³-hybridized carbons (Fsp3) is 0.200. The minimum absolute atomic E-state index is 0.133. The molecule has 18 heavy (non-hydrogen) atoms. The zero-order valence-corrected chi connectivity index (χ0v) is 10.5. The van der Waals surface area contributed by atoms with Gasteiger partial charge >= 0.3 is 0 Å². The third kappa shape index (κ3) is 2.80. The summed E-state index contributed by atoms with van der Waals surface area (Å²) in [6, 6.07) is 10.6. The number of halogens is 1. The summed E-state index contributed by atoms with van der Waals surface area (Å²) < 4.78 is 18.7. The van der Waals surface area contributed by atoms with Crippen LogP contribution in [0.15, 0.2) is 36.4 Å². The third-order valence-electron chi connectivity index (χ3n) is 2.95. The van der Waals surface area contributed by atoms with Gasteiger partial charge in [0.15, 0.2) is 0 Å². The summed E-state index contributed by atoms with van der Waals surface area (Å²) in [7, 11) is 0. The second kappa shape index (κ2) is 5.08. The van der Waals surface area contributed by atoms with Gasteiger partial charge in [-0.2, -0.15) is 0 Å². The lowest BCUT2D eigenvalue weighted by molar-refractivity contribution is 0.304. The van der Waals surface area contributed by atoms with Crippen molar-refractivity contribution in [3.05, 3.63) is 58.9 Å². The Morgan fingerprint density at radius 2 is 1.83 bits per heavy atom. The maximum atomic E-state index is 13.2. The summed E-state index contributed by atoms with van der Waals surface area (Å²) in [5.41, 5.74) is 9.07. The lowest BCUT2D eigenvalue weighted by Crippen LogP contribution is -1.98. The fourth-order valence-electron chi connectivity index (χ4n) is 1.66. The zero-order chi connectivity index (χ0) is 13.1. The van der Waals surface area contributed by atoms with Crippen LogP contribution in [0.4, 0.5) is 10.1 Å². The summed E-state index contributed by atoms with van der Waals surface area (Å²) in [5, 5.41) is 0. The van der Waals surface area contributed by atoms with Crippen molar-refractivity contribution >= 4 is 5.69 Å². The average Bonchev–Trinajstić information content (AvgIpc) is 2.35. The molecule has 2 aromatic rings. The second-order valence-corrected chi connectivity index (χ2v) is 4.39. The van der Waals surface area contributed by atoms with Crippen molar-refractivity contribution in [1.29, 1.82) is 0 Å². The molecule has 0 aliphatic carbocycles. The number of nitrogens with two attached hydrogens (primary N) is 1. The van der Waals surface area contributed by atoms with Crippen molar-refractivity contribution in [2.24, 2.45) is 0 Å². The first-order valence-corrected chi connectivity index (χ1v) is 5.80. The van der Waals surface area contributed by atoms with Crippen LogP contribution in [0.25, 0.3) is 0 Å². The van der Waals surface area contributed by atoms with E-state index in [0.29, 0.717) is 12.4 Å². The number of nitrogen functional groups attached to an aromatic ring is 1. The van der Waals surface area contributed by atoms with Crippen LogP contribution in [0, 0.1) is 19.7 Å². The van der Waals surface area contributed by atoms with Crippen molar-refractivity contribution in [2.45, 2.75) is 20.5 Å². The molecule has 0 unspecified atom stereocenters. The maximum absolute atomic E-state index is 13.2. The van der Waals surface area contributed by atoms with Gasteiger partial charge in [-0.15, -0.1) is 0 Å². The average molecular weight is 245 g/mol. The molecule has 2 N–H and O–H groups in total. The van der Waals surface area contributed by atoms with Gasteiger partial charge in [-0.3, -0.25) is 0 Å². The molecule has 0 saturated carbocycles. The largest absolute Gasteiger partial charge is 0.489 e. The zero-order valence-electron chi connectivity index (χ0n) is 10.5. The lowest BCUT2D eigenvalue weighted by Gasteiger charge is -2.08. The first-order chi connectivity index (χ1) is 8.56. The molecule has 0 saturated heterocycles. The van der Waals surface area contributed by atoms with Crippen LogP contribution >= 0.6 is 0 Å². The van der Waals surface area contributed by atoms with Crippen molar-refractivity contribution in [1.82, 2.24) is 0 Å². The summed E-state index contributed by atoms with van der Waals surface area (Å²) in [5.74, 6) is 0.0347. The van der Waals surface area contributed by atoms with Crippen LogP contribution in [0.2, 0.25) is 0 Å². The number of anilines is 1. The number of hydrogen-bond acceptors (Lipinski definition) is 2. The molecule has 0 aliphatic heterocycles. The molecule has 2 nitrogen and oxygen atoms in total. The molecule has 0 aromatic heterocycles. The molecule has 0 radical (unpaired) electrons. The number of benzene rings is 2. The molecular weight excluding hydrogens is 229 g/mol. The minimum Gasteiger partial charge on any atom is -0.489 e. The van der Waals surface area contributed by atoms with Crippen LogP contribution in [0.3, 0.4) is 0 Å². The number of ether oxygens (including phenoxy) is 1. The smallest absolute Gasteiger partial charge is 0.149 e. The van der Waals surface area contributed by atoms with Gasteiger partial charge in [0.1, 0.15) is 18.2 Å². The van der Waals surface area contributed by atoms with E-state index in [1.165, 1.54) is 23.3 Å². The van der Waals surface area contributed by atoms with Gasteiger partial charge in [0.05, 0.1) is 5.69 Å². The van der Waals surface area contributed by atoms with Crippen LogP contribution in [-0.4, -0.2) is 0 Å². The van der Waals surface area contributed by atoms with Crippen molar-refractivity contribution in [2.75, 3.05) is 5.73 Å². The molecule has 2 aromatic carbocycles. The first kappa shape index (κ1) is 12.4. The molecule has 94 valence electrons. The fourth-order valence-corrected chi connectivity index (χ4v) is 1.66. The molecular formula is C15H16FNO. The van der Waals surface area contributed by atoms with E-state index < -0.39 is 5.82 Å². The van der Waals surface area contributed by atoms with Crippen LogP contribution in [0.5, 0.6) is 5.75 Å². The predicted octanol–water partition coefficient (Wildman–Crippen LogP) is 3.60. The van der Waals surface area contributed by atoms with Gasteiger partial charge < -0.3 is 10.5 Å². The topological polar surface area (TPSA) is 35.2 Å². The van der Waals surface area contributed by atoms with Crippen molar-refractivity contribution < 1.29 is 9.13 Å². The molecule has 0 fully saturated rings. The first-order valence-electron chi connectivity index (χ1n) is 5.80. The summed E-state index contributed by atoms with van der Waals surface area (Å²) in [6.07, 6.45) is 0. The van der Waals surface area contributed by atoms with E-state index in [-0.39, 0.29) is 5.69 Å². The van der Waals surface area contributed by atoms with Crippen LogP contribution in [0.1, 0.15) is 16.7 Å². The van der Waals surface area contributed by atoms with Gasteiger partial charge in [0, 0.05) is 6.07 Å². The van der Waals surface area contributed by atoms with E-state index >= 15 is 0 Å². The molecule has 0 aliphatic rings. The SMILES string of the molecule is Cc1ccc(COc2ccc(N)c(F)c2)cc1C. The third-order valence-corrected chi connectivity index (χ3v) is 2.95. The Morgan fingerprint density at radius 3 is 2.50 bits per heavy atom. The molecule has 0 amide bonds. The highest BCUT2D eigenvalue weighted by atomic mass is 19.1. The van der Waals surface area contributed by atoms with E-state index in [1.807, 2.05) is 6.07 Å². The highest BCUT2D eigenvalue weighted by molar-refractivity contribution is 5.43. The number of aryl methyl sites for hydroxylation is 2. The molecule has 0 atom stereocenters. The van der Waals surface area contributed by atoms with Gasteiger partial charge in [-0.25, -0.2) is 4.39 Å². The maximum Gasteiger partial charge on any atom is 0.149 e. The lowest BCUT2D eigenvalue weighted by atomic mass is 10.1. The van der Waals surface area contributed by atoms with E-state index in [9.17, 15) is 4.39 Å². The highest BCUT2D eigenvalue weighted by Gasteiger charge is 2.02. The second-order valence-electron chi connectivity index (χ2n) is 4.39. The van der Waals surface area contributed by atoms with E-state index in [4.69, 9.17) is 10.5 Å². The van der Waals surface area contributed by atoms with Gasteiger partial charge in [-0.1, -0.05) is 18.2 Å².